The second-order valence-electron chi connectivity index (χ2n) is 3.77. The predicted molar refractivity (Wildman–Crippen MR) is 58.1 cm³/mol. The molecule has 0 bridgehead atoms. The van der Waals surface area contributed by atoms with Gasteiger partial charge < -0.3 is 5.32 Å². The van der Waals surface area contributed by atoms with Crippen LogP contribution in [-0.4, -0.2) is 10.9 Å². The van der Waals surface area contributed by atoms with E-state index in [1.54, 1.807) is 20.0 Å². The molecule has 1 heterocycles. The predicted octanol–water partition coefficient (Wildman–Crippen LogP) is 1.62. The SMILES string of the molecule is Cc1ncc(CNC(=O)C(C)(C)C#N)s1. The highest BCUT2D eigenvalue weighted by atomic mass is 32.1. The lowest BCUT2D eigenvalue weighted by Crippen LogP contribution is -2.35. The van der Waals surface area contributed by atoms with Gasteiger partial charge in [0.15, 0.2) is 0 Å². The van der Waals surface area contributed by atoms with Crippen LogP contribution in [0.5, 0.6) is 0 Å². The van der Waals surface area contributed by atoms with Gasteiger partial charge in [-0.15, -0.1) is 11.3 Å². The van der Waals surface area contributed by atoms with E-state index in [4.69, 9.17) is 5.26 Å². The minimum absolute atomic E-state index is 0.254. The van der Waals surface area contributed by atoms with E-state index >= 15 is 0 Å². The highest BCUT2D eigenvalue weighted by Gasteiger charge is 2.26. The maximum absolute atomic E-state index is 11.5. The minimum atomic E-state index is -0.972. The Morgan fingerprint density at radius 3 is 2.87 bits per heavy atom. The summed E-state index contributed by atoms with van der Waals surface area (Å²) in [5.74, 6) is -0.254. The van der Waals surface area contributed by atoms with E-state index in [0.717, 1.165) is 9.88 Å². The molecular weight excluding hydrogens is 210 g/mol. The molecule has 0 aliphatic carbocycles. The van der Waals surface area contributed by atoms with Crippen LogP contribution in [0.25, 0.3) is 0 Å². The average Bonchev–Trinajstić information content (AvgIpc) is 2.60. The van der Waals surface area contributed by atoms with Crippen LogP contribution in [0.2, 0.25) is 0 Å². The molecule has 1 aromatic rings. The molecule has 1 aromatic heterocycles. The minimum Gasteiger partial charge on any atom is -0.350 e. The van der Waals surface area contributed by atoms with Gasteiger partial charge in [-0.05, 0) is 20.8 Å². The van der Waals surface area contributed by atoms with E-state index < -0.39 is 5.41 Å². The van der Waals surface area contributed by atoms with Gasteiger partial charge in [-0.3, -0.25) is 4.79 Å². The number of thiazole rings is 1. The van der Waals surface area contributed by atoms with Gasteiger partial charge >= 0.3 is 0 Å². The van der Waals surface area contributed by atoms with E-state index in [2.05, 4.69) is 10.3 Å². The van der Waals surface area contributed by atoms with Gasteiger partial charge in [0.05, 0.1) is 17.6 Å². The quantitative estimate of drug-likeness (QED) is 0.846. The van der Waals surface area contributed by atoms with Gasteiger partial charge in [0.2, 0.25) is 5.91 Å². The molecule has 0 aliphatic rings. The molecule has 0 fully saturated rings. The third-order valence-electron chi connectivity index (χ3n) is 1.94. The zero-order chi connectivity index (χ0) is 11.5. The summed E-state index contributed by atoms with van der Waals surface area (Å²) in [5, 5.41) is 12.4. The maximum atomic E-state index is 11.5. The zero-order valence-electron chi connectivity index (χ0n) is 9.00. The first-order valence-electron chi connectivity index (χ1n) is 4.56. The molecule has 0 radical (unpaired) electrons. The van der Waals surface area contributed by atoms with E-state index in [-0.39, 0.29) is 5.91 Å². The van der Waals surface area contributed by atoms with Gasteiger partial charge in [0, 0.05) is 11.1 Å². The Kier molecular flexibility index (Phi) is 3.43. The Hall–Kier alpha value is -1.41. The summed E-state index contributed by atoms with van der Waals surface area (Å²) in [7, 11) is 0. The van der Waals surface area contributed by atoms with Crippen molar-refractivity contribution in [1.29, 1.82) is 5.26 Å². The molecule has 0 atom stereocenters. The summed E-state index contributed by atoms with van der Waals surface area (Å²) in [6, 6.07) is 1.96. The third-order valence-corrected chi connectivity index (χ3v) is 2.85. The fourth-order valence-corrected chi connectivity index (χ4v) is 1.66. The number of carbonyl (C=O) groups excluding carboxylic acids is 1. The summed E-state index contributed by atoms with van der Waals surface area (Å²) < 4.78 is 0. The van der Waals surface area contributed by atoms with Gasteiger partial charge in [0.1, 0.15) is 5.41 Å². The first kappa shape index (κ1) is 11.7. The molecule has 0 saturated carbocycles. The summed E-state index contributed by atoms with van der Waals surface area (Å²) in [6.45, 7) is 5.55. The van der Waals surface area contributed by atoms with Crippen LogP contribution in [0.4, 0.5) is 0 Å². The molecule has 0 spiro atoms. The summed E-state index contributed by atoms with van der Waals surface area (Å²) >= 11 is 1.54. The van der Waals surface area contributed by atoms with Crippen LogP contribution < -0.4 is 5.32 Å². The fraction of sp³-hybridized carbons (Fsp3) is 0.500. The lowest BCUT2D eigenvalue weighted by Gasteiger charge is -2.13. The molecule has 0 saturated heterocycles. The second kappa shape index (κ2) is 4.41. The van der Waals surface area contributed by atoms with E-state index in [1.807, 2.05) is 13.0 Å². The Morgan fingerprint density at radius 2 is 2.40 bits per heavy atom. The number of amides is 1. The summed E-state index contributed by atoms with van der Waals surface area (Å²) in [6.07, 6.45) is 1.74. The molecule has 1 N–H and O–H groups in total. The van der Waals surface area contributed by atoms with Crippen LogP contribution >= 0.6 is 11.3 Å². The van der Waals surface area contributed by atoms with Crippen molar-refractivity contribution >= 4 is 17.2 Å². The van der Waals surface area contributed by atoms with Crippen molar-refractivity contribution in [3.63, 3.8) is 0 Å². The number of aryl methyl sites for hydroxylation is 1. The smallest absolute Gasteiger partial charge is 0.240 e. The first-order chi connectivity index (χ1) is 6.95. The van der Waals surface area contributed by atoms with Crippen LogP contribution in [0.15, 0.2) is 6.20 Å². The summed E-state index contributed by atoms with van der Waals surface area (Å²) in [5.41, 5.74) is -0.972. The van der Waals surface area contributed by atoms with Gasteiger partial charge in [-0.25, -0.2) is 4.98 Å². The molecule has 0 unspecified atom stereocenters. The largest absolute Gasteiger partial charge is 0.350 e. The van der Waals surface area contributed by atoms with Crippen molar-refractivity contribution in [1.82, 2.24) is 10.3 Å². The highest BCUT2D eigenvalue weighted by Crippen LogP contribution is 2.15. The van der Waals surface area contributed by atoms with Crippen LogP contribution in [0, 0.1) is 23.7 Å². The molecule has 1 rings (SSSR count). The zero-order valence-corrected chi connectivity index (χ0v) is 9.81. The fourth-order valence-electron chi connectivity index (χ4n) is 0.926. The molecule has 4 nitrogen and oxygen atoms in total. The molecule has 15 heavy (non-hydrogen) atoms. The van der Waals surface area contributed by atoms with Crippen molar-refractivity contribution in [2.75, 3.05) is 0 Å². The monoisotopic (exact) mass is 223 g/mol. The molecule has 80 valence electrons. The average molecular weight is 223 g/mol. The number of hydrogen-bond donors (Lipinski definition) is 1. The van der Waals surface area contributed by atoms with Crippen molar-refractivity contribution < 1.29 is 4.79 Å². The lowest BCUT2D eigenvalue weighted by molar-refractivity contribution is -0.126. The van der Waals surface area contributed by atoms with Gasteiger partial charge in [-0.1, -0.05) is 0 Å². The number of nitriles is 1. The highest BCUT2D eigenvalue weighted by molar-refractivity contribution is 7.11. The number of rotatable bonds is 3. The number of nitrogens with one attached hydrogen (secondary N) is 1. The van der Waals surface area contributed by atoms with Crippen molar-refractivity contribution in [3.8, 4) is 6.07 Å². The Labute approximate surface area is 92.9 Å². The molecule has 0 aromatic carbocycles. The van der Waals surface area contributed by atoms with E-state index in [0.29, 0.717) is 6.54 Å². The van der Waals surface area contributed by atoms with E-state index in [9.17, 15) is 4.79 Å². The second-order valence-corrected chi connectivity index (χ2v) is 5.08. The molecular formula is C10H13N3OS. The Bertz CT molecular complexity index is 403. The molecule has 0 aliphatic heterocycles. The molecule has 5 heteroatoms. The lowest BCUT2D eigenvalue weighted by atomic mass is 9.95. The van der Waals surface area contributed by atoms with E-state index in [1.165, 1.54) is 11.3 Å². The number of aromatic nitrogens is 1. The normalized spacial score (nSPS) is 10.8. The maximum Gasteiger partial charge on any atom is 0.240 e. The van der Waals surface area contributed by atoms with Crippen LogP contribution in [0.1, 0.15) is 23.7 Å². The van der Waals surface area contributed by atoms with Crippen molar-refractivity contribution in [2.24, 2.45) is 5.41 Å². The van der Waals surface area contributed by atoms with Crippen molar-refractivity contribution in [3.05, 3.63) is 16.1 Å². The summed E-state index contributed by atoms with van der Waals surface area (Å²) in [4.78, 5) is 16.6. The Balaban J connectivity index is 2.52. The number of nitrogens with zero attached hydrogens (tertiary/aromatic N) is 2. The number of hydrogen-bond acceptors (Lipinski definition) is 4. The number of carbonyl (C=O) groups is 1. The first-order valence-corrected chi connectivity index (χ1v) is 5.38. The van der Waals surface area contributed by atoms with Crippen LogP contribution in [0.3, 0.4) is 0 Å². The van der Waals surface area contributed by atoms with Gasteiger partial charge in [0.25, 0.3) is 0 Å². The van der Waals surface area contributed by atoms with Crippen LogP contribution in [-0.2, 0) is 11.3 Å². The molecule has 1 amide bonds. The standard InChI is InChI=1S/C10H13N3OS/c1-7-12-4-8(15-7)5-13-9(14)10(2,3)6-11/h4H,5H2,1-3H3,(H,13,14). The Morgan fingerprint density at radius 1 is 1.73 bits per heavy atom. The topological polar surface area (TPSA) is 65.8 Å². The third kappa shape index (κ3) is 3.03. The van der Waals surface area contributed by atoms with Crippen molar-refractivity contribution in [2.45, 2.75) is 27.3 Å². The van der Waals surface area contributed by atoms with Gasteiger partial charge in [-0.2, -0.15) is 5.26 Å².